The van der Waals surface area contributed by atoms with Crippen molar-refractivity contribution in [1.29, 1.82) is 0 Å². The highest BCUT2D eigenvalue weighted by Crippen LogP contribution is 2.43. The highest BCUT2D eigenvalue weighted by Gasteiger charge is 2.39. The van der Waals surface area contributed by atoms with E-state index in [0.717, 1.165) is 12.4 Å². The van der Waals surface area contributed by atoms with Gasteiger partial charge in [0.25, 0.3) is 0 Å². The summed E-state index contributed by atoms with van der Waals surface area (Å²) in [5, 5.41) is 15.9. The molecule has 0 fully saturated rings. The molecule has 148 valence electrons. The van der Waals surface area contributed by atoms with Gasteiger partial charge in [-0.25, -0.2) is 9.48 Å². The van der Waals surface area contributed by atoms with Crippen molar-refractivity contribution in [3.63, 3.8) is 0 Å². The number of hydrogen-bond donors (Lipinski definition) is 2. The van der Waals surface area contributed by atoms with Gasteiger partial charge in [0.05, 0.1) is 23.6 Å². The molecule has 2 aromatic rings. The number of carbonyl (C=O) groups is 1. The molecule has 0 aliphatic heterocycles. The number of ether oxygens (including phenoxy) is 1. The molecule has 2 N–H and O–H groups in total. The molecule has 0 saturated heterocycles. The minimum absolute atomic E-state index is 0.0825. The lowest BCUT2D eigenvalue weighted by Gasteiger charge is -2.23. The minimum atomic E-state index is -4.70. The van der Waals surface area contributed by atoms with E-state index in [4.69, 9.17) is 4.74 Å². The van der Waals surface area contributed by atoms with Crippen LogP contribution >= 0.6 is 0 Å². The quantitative estimate of drug-likeness (QED) is 0.797. The van der Waals surface area contributed by atoms with Crippen molar-refractivity contribution in [2.75, 3.05) is 11.9 Å². The zero-order chi connectivity index (χ0) is 20.6. The molecule has 0 aromatic carbocycles. The predicted octanol–water partition coefficient (Wildman–Crippen LogP) is 4.28. The Hall–Kier alpha value is -2.78. The molecular weight excluding hydrogens is 365 g/mol. The summed E-state index contributed by atoms with van der Waals surface area (Å²) in [6, 6.07) is 0. The molecule has 0 saturated carbocycles. The number of anilines is 1. The summed E-state index contributed by atoms with van der Waals surface area (Å²) in [5.74, 6) is -1.91. The van der Waals surface area contributed by atoms with Crippen LogP contribution in [0.2, 0.25) is 0 Å². The van der Waals surface area contributed by atoms with Crippen LogP contribution in [0, 0.1) is 6.92 Å². The molecule has 2 rings (SSSR count). The molecular formula is C17H21F3N4O3. The van der Waals surface area contributed by atoms with E-state index >= 15 is 0 Å². The van der Waals surface area contributed by atoms with Crippen LogP contribution in [0.25, 0.3) is 0 Å². The van der Waals surface area contributed by atoms with Gasteiger partial charge < -0.3 is 15.2 Å². The van der Waals surface area contributed by atoms with E-state index in [1.165, 1.54) is 11.6 Å². The van der Waals surface area contributed by atoms with Crippen LogP contribution in [0.5, 0.6) is 11.6 Å². The molecule has 0 unspecified atom stereocenters. The van der Waals surface area contributed by atoms with Gasteiger partial charge in [-0.3, -0.25) is 4.98 Å². The van der Waals surface area contributed by atoms with Crippen molar-refractivity contribution in [2.24, 2.45) is 0 Å². The Labute approximate surface area is 154 Å². The van der Waals surface area contributed by atoms with Crippen LogP contribution in [-0.2, 0) is 11.7 Å². The number of pyridine rings is 1. The topological polar surface area (TPSA) is 89.3 Å². The summed E-state index contributed by atoms with van der Waals surface area (Å²) >= 11 is 0. The zero-order valence-electron chi connectivity index (χ0n) is 15.6. The van der Waals surface area contributed by atoms with Crippen LogP contribution in [-0.4, -0.2) is 32.4 Å². The van der Waals surface area contributed by atoms with Gasteiger partial charge in [0, 0.05) is 12.1 Å². The van der Waals surface area contributed by atoms with Crippen molar-refractivity contribution < 1.29 is 27.8 Å². The van der Waals surface area contributed by atoms with Crippen molar-refractivity contribution in [1.82, 2.24) is 14.8 Å². The van der Waals surface area contributed by atoms with Gasteiger partial charge in [0.1, 0.15) is 5.56 Å². The van der Waals surface area contributed by atoms with Gasteiger partial charge in [-0.15, -0.1) is 0 Å². The predicted molar refractivity (Wildman–Crippen MR) is 92.4 cm³/mol. The second kappa shape index (κ2) is 7.09. The molecule has 2 heterocycles. The lowest BCUT2D eigenvalue weighted by atomic mass is 10.1. The second-order valence-electron chi connectivity index (χ2n) is 6.86. The largest absolute Gasteiger partial charge is 0.476 e. The van der Waals surface area contributed by atoms with E-state index in [2.05, 4.69) is 15.4 Å². The summed E-state index contributed by atoms with van der Waals surface area (Å²) in [4.78, 5) is 15.2. The molecule has 0 atom stereocenters. The first kappa shape index (κ1) is 20.5. The van der Waals surface area contributed by atoms with Gasteiger partial charge in [-0.1, -0.05) is 0 Å². The number of nitrogens with zero attached hydrogens (tertiary/aromatic N) is 3. The normalized spacial score (nSPS) is 12.1. The molecule has 7 nitrogen and oxygen atoms in total. The number of aromatic carboxylic acids is 1. The third-order valence-electron chi connectivity index (χ3n) is 3.67. The summed E-state index contributed by atoms with van der Waals surface area (Å²) in [7, 11) is 0. The Balaban J connectivity index is 2.68. The SMILES string of the molecule is CCNc1cncc(Oc2c(C)c(C(=O)O)nn2C(C)(C)C)c1C(F)(F)F. The van der Waals surface area contributed by atoms with Gasteiger partial charge in [-0.05, 0) is 34.6 Å². The Kier molecular flexibility index (Phi) is 5.39. The van der Waals surface area contributed by atoms with Crippen LogP contribution in [0.1, 0.15) is 49.3 Å². The highest BCUT2D eigenvalue weighted by molar-refractivity contribution is 5.87. The smallest absolute Gasteiger partial charge is 0.422 e. The number of hydrogen-bond acceptors (Lipinski definition) is 5. The maximum Gasteiger partial charge on any atom is 0.422 e. The van der Waals surface area contributed by atoms with Gasteiger partial charge in [-0.2, -0.15) is 18.3 Å². The molecule has 10 heteroatoms. The number of rotatable bonds is 5. The maximum absolute atomic E-state index is 13.6. The summed E-state index contributed by atoms with van der Waals surface area (Å²) in [6.07, 6.45) is -2.69. The summed E-state index contributed by atoms with van der Waals surface area (Å²) in [6.45, 7) is 8.55. The first-order valence-electron chi connectivity index (χ1n) is 8.18. The van der Waals surface area contributed by atoms with Crippen LogP contribution < -0.4 is 10.1 Å². The van der Waals surface area contributed by atoms with E-state index in [-0.39, 0.29) is 29.4 Å². The van der Waals surface area contributed by atoms with Gasteiger partial charge in [0.15, 0.2) is 11.4 Å². The standard InChI is InChI=1S/C17H21F3N4O3/c1-6-22-10-7-21-8-11(12(10)17(18,19)20)27-14-9(2)13(15(25)26)23-24(14)16(3,4)5/h7-8,22H,6H2,1-5H3,(H,25,26). The Bertz CT molecular complexity index is 854. The van der Waals surface area contributed by atoms with Gasteiger partial charge in [0.2, 0.25) is 5.88 Å². The van der Waals surface area contributed by atoms with Crippen LogP contribution in [0.4, 0.5) is 18.9 Å². The number of alkyl halides is 3. The summed E-state index contributed by atoms with van der Waals surface area (Å²) in [5.41, 5.74) is -2.12. The number of nitrogens with one attached hydrogen (secondary N) is 1. The molecule has 0 radical (unpaired) electrons. The highest BCUT2D eigenvalue weighted by atomic mass is 19.4. The van der Waals surface area contributed by atoms with Crippen molar-refractivity contribution in [2.45, 2.75) is 46.3 Å². The first-order chi connectivity index (χ1) is 12.4. The van der Waals surface area contributed by atoms with E-state index < -0.39 is 29.0 Å². The van der Waals surface area contributed by atoms with E-state index in [1.54, 1.807) is 27.7 Å². The van der Waals surface area contributed by atoms with E-state index in [0.29, 0.717) is 0 Å². The van der Waals surface area contributed by atoms with Crippen molar-refractivity contribution >= 4 is 11.7 Å². The molecule has 0 spiro atoms. The molecule has 27 heavy (non-hydrogen) atoms. The molecule has 2 aromatic heterocycles. The fourth-order valence-electron chi connectivity index (χ4n) is 2.50. The fourth-order valence-corrected chi connectivity index (χ4v) is 2.50. The number of carboxylic acids is 1. The average Bonchev–Trinajstić information content (AvgIpc) is 2.84. The Morgan fingerprint density at radius 3 is 2.41 bits per heavy atom. The van der Waals surface area contributed by atoms with E-state index in [1.807, 2.05) is 0 Å². The lowest BCUT2D eigenvalue weighted by molar-refractivity contribution is -0.138. The average molecular weight is 386 g/mol. The van der Waals surface area contributed by atoms with Crippen molar-refractivity contribution in [3.05, 3.63) is 29.2 Å². The fraction of sp³-hybridized carbons (Fsp3) is 0.471. The maximum atomic E-state index is 13.6. The first-order valence-corrected chi connectivity index (χ1v) is 8.18. The minimum Gasteiger partial charge on any atom is -0.476 e. The number of carboxylic acid groups (broad SMARTS) is 1. The van der Waals surface area contributed by atoms with Crippen LogP contribution in [0.15, 0.2) is 12.4 Å². The summed E-state index contributed by atoms with van der Waals surface area (Å²) < 4.78 is 47.7. The third kappa shape index (κ3) is 4.15. The van der Waals surface area contributed by atoms with Crippen LogP contribution in [0.3, 0.4) is 0 Å². The van der Waals surface area contributed by atoms with Gasteiger partial charge >= 0.3 is 12.1 Å². The second-order valence-corrected chi connectivity index (χ2v) is 6.86. The number of halogens is 3. The number of aromatic nitrogens is 3. The molecule has 0 aliphatic rings. The molecule has 0 bridgehead atoms. The molecule has 0 aliphatic carbocycles. The Morgan fingerprint density at radius 1 is 1.30 bits per heavy atom. The van der Waals surface area contributed by atoms with Crippen molar-refractivity contribution in [3.8, 4) is 11.6 Å². The molecule has 0 amide bonds. The third-order valence-corrected chi connectivity index (χ3v) is 3.67. The van der Waals surface area contributed by atoms with E-state index in [9.17, 15) is 23.1 Å². The Morgan fingerprint density at radius 2 is 1.93 bits per heavy atom. The lowest BCUT2D eigenvalue weighted by Crippen LogP contribution is -2.24. The monoisotopic (exact) mass is 386 g/mol. The zero-order valence-corrected chi connectivity index (χ0v) is 15.6.